The van der Waals surface area contributed by atoms with Gasteiger partial charge in [-0.15, -0.1) is 11.3 Å². The van der Waals surface area contributed by atoms with Crippen LogP contribution < -0.4 is 5.43 Å². The van der Waals surface area contributed by atoms with Crippen molar-refractivity contribution in [2.45, 2.75) is 13.8 Å². The van der Waals surface area contributed by atoms with Crippen molar-refractivity contribution in [3.63, 3.8) is 0 Å². The molecule has 104 valence electrons. The normalized spacial score (nSPS) is 11.4. The molecule has 1 N–H and O–H groups in total. The molecule has 0 saturated heterocycles. The minimum atomic E-state index is -0.220. The molecule has 4 nitrogen and oxygen atoms in total. The van der Waals surface area contributed by atoms with Crippen molar-refractivity contribution in [1.29, 1.82) is 0 Å². The SMILES string of the molecule is C/C(=N\NC(=O)c1ccccc1)c1sc(=S)n(C)c1C. The van der Waals surface area contributed by atoms with Crippen molar-refractivity contribution in [1.82, 2.24) is 9.99 Å². The van der Waals surface area contributed by atoms with Crippen molar-refractivity contribution in [3.8, 4) is 0 Å². The Bertz CT molecular complexity index is 714. The predicted molar refractivity (Wildman–Crippen MR) is 85.0 cm³/mol. The molecule has 2 aromatic rings. The summed E-state index contributed by atoms with van der Waals surface area (Å²) in [6.45, 7) is 3.85. The fraction of sp³-hybridized carbons (Fsp3) is 0.214. The largest absolute Gasteiger partial charge is 0.330 e. The zero-order chi connectivity index (χ0) is 14.7. The highest BCUT2D eigenvalue weighted by Crippen LogP contribution is 2.18. The highest BCUT2D eigenvalue weighted by molar-refractivity contribution is 7.73. The first-order valence-electron chi connectivity index (χ1n) is 6.07. The van der Waals surface area contributed by atoms with E-state index < -0.39 is 0 Å². The van der Waals surface area contributed by atoms with Crippen LogP contribution in [0, 0.1) is 10.9 Å². The molecule has 1 aromatic heterocycles. The monoisotopic (exact) mass is 305 g/mol. The van der Waals surface area contributed by atoms with E-state index in [1.807, 2.05) is 43.7 Å². The molecular formula is C14H15N3OS2. The number of hydrazone groups is 1. The molecule has 0 bridgehead atoms. The molecule has 0 aliphatic carbocycles. The highest BCUT2D eigenvalue weighted by atomic mass is 32.1. The Labute approximate surface area is 126 Å². The highest BCUT2D eigenvalue weighted by Gasteiger charge is 2.10. The van der Waals surface area contributed by atoms with Gasteiger partial charge < -0.3 is 4.57 Å². The Morgan fingerprint density at radius 2 is 2.00 bits per heavy atom. The number of benzene rings is 1. The lowest BCUT2D eigenvalue weighted by Gasteiger charge is -2.02. The molecule has 1 amide bonds. The van der Waals surface area contributed by atoms with Crippen LogP contribution in [0.15, 0.2) is 35.4 Å². The van der Waals surface area contributed by atoms with Crippen LogP contribution in [0.2, 0.25) is 0 Å². The number of aromatic nitrogens is 1. The minimum absolute atomic E-state index is 0.220. The summed E-state index contributed by atoms with van der Waals surface area (Å²) in [5.41, 5.74) is 4.95. The maximum Gasteiger partial charge on any atom is 0.271 e. The van der Waals surface area contributed by atoms with Crippen molar-refractivity contribution < 1.29 is 4.79 Å². The Hall–Kier alpha value is -1.79. The van der Waals surface area contributed by atoms with Crippen LogP contribution in [0.3, 0.4) is 0 Å². The second-order valence-corrected chi connectivity index (χ2v) is 5.99. The van der Waals surface area contributed by atoms with Crippen LogP contribution in [-0.4, -0.2) is 16.2 Å². The fourth-order valence-corrected chi connectivity index (χ4v) is 3.01. The summed E-state index contributed by atoms with van der Waals surface area (Å²) in [6.07, 6.45) is 0. The molecule has 0 radical (unpaired) electrons. The molecule has 20 heavy (non-hydrogen) atoms. The lowest BCUT2D eigenvalue weighted by molar-refractivity contribution is 0.0955. The van der Waals surface area contributed by atoms with E-state index in [0.29, 0.717) is 5.56 Å². The first-order chi connectivity index (χ1) is 9.50. The average molecular weight is 305 g/mol. The van der Waals surface area contributed by atoms with Crippen molar-refractivity contribution in [2.24, 2.45) is 12.1 Å². The Morgan fingerprint density at radius 1 is 1.35 bits per heavy atom. The van der Waals surface area contributed by atoms with Gasteiger partial charge in [0.1, 0.15) is 0 Å². The van der Waals surface area contributed by atoms with Crippen molar-refractivity contribution >= 4 is 35.2 Å². The number of thiazole rings is 1. The molecule has 0 unspecified atom stereocenters. The minimum Gasteiger partial charge on any atom is -0.330 e. The summed E-state index contributed by atoms with van der Waals surface area (Å²) in [7, 11) is 1.92. The molecule has 1 heterocycles. The van der Waals surface area contributed by atoms with Gasteiger partial charge in [0.15, 0.2) is 3.95 Å². The van der Waals surface area contributed by atoms with E-state index >= 15 is 0 Å². The molecule has 1 aromatic carbocycles. The number of amides is 1. The van der Waals surface area contributed by atoms with Gasteiger partial charge in [-0.1, -0.05) is 18.2 Å². The van der Waals surface area contributed by atoms with Gasteiger partial charge in [-0.05, 0) is 38.2 Å². The zero-order valence-electron chi connectivity index (χ0n) is 11.5. The van der Waals surface area contributed by atoms with E-state index in [2.05, 4.69) is 10.5 Å². The van der Waals surface area contributed by atoms with Crippen LogP contribution in [0.1, 0.15) is 27.9 Å². The number of rotatable bonds is 3. The molecule has 0 fully saturated rings. The Balaban J connectivity index is 2.17. The Kier molecular flexibility index (Phi) is 4.46. The van der Waals surface area contributed by atoms with E-state index in [0.717, 1.165) is 20.2 Å². The smallest absolute Gasteiger partial charge is 0.271 e. The summed E-state index contributed by atoms with van der Waals surface area (Å²) in [4.78, 5) is 12.9. The van der Waals surface area contributed by atoms with Crippen LogP contribution in [0.4, 0.5) is 0 Å². The molecule has 0 aliphatic rings. The van der Waals surface area contributed by atoms with Gasteiger partial charge in [-0.2, -0.15) is 5.10 Å². The molecule has 2 rings (SSSR count). The van der Waals surface area contributed by atoms with Gasteiger partial charge in [-0.3, -0.25) is 4.79 Å². The van der Waals surface area contributed by atoms with E-state index in [-0.39, 0.29) is 5.91 Å². The van der Waals surface area contributed by atoms with E-state index in [1.54, 1.807) is 12.1 Å². The summed E-state index contributed by atoms with van der Waals surface area (Å²) in [5.74, 6) is -0.220. The van der Waals surface area contributed by atoms with Crippen LogP contribution in [0.25, 0.3) is 0 Å². The van der Waals surface area contributed by atoms with Crippen LogP contribution in [0.5, 0.6) is 0 Å². The third kappa shape index (κ3) is 3.02. The molecule has 0 spiro atoms. The molecule has 0 atom stereocenters. The molecule has 6 heteroatoms. The molecular weight excluding hydrogens is 290 g/mol. The zero-order valence-corrected chi connectivity index (χ0v) is 13.1. The quantitative estimate of drug-likeness (QED) is 0.537. The number of hydrogen-bond acceptors (Lipinski definition) is 4. The van der Waals surface area contributed by atoms with Crippen molar-refractivity contribution in [2.75, 3.05) is 0 Å². The number of carbonyl (C=O) groups excluding carboxylic acids is 1. The summed E-state index contributed by atoms with van der Waals surface area (Å²) in [5, 5.41) is 4.15. The molecule has 0 aliphatic heterocycles. The maximum absolute atomic E-state index is 11.9. The summed E-state index contributed by atoms with van der Waals surface area (Å²) >= 11 is 6.72. The molecule has 0 saturated carbocycles. The first kappa shape index (κ1) is 14.6. The van der Waals surface area contributed by atoms with E-state index in [4.69, 9.17) is 12.2 Å². The summed E-state index contributed by atoms with van der Waals surface area (Å²) in [6, 6.07) is 9.00. The average Bonchev–Trinajstić information content (AvgIpc) is 2.73. The van der Waals surface area contributed by atoms with Gasteiger partial charge in [-0.25, -0.2) is 5.43 Å². The first-order valence-corrected chi connectivity index (χ1v) is 7.29. The predicted octanol–water partition coefficient (Wildman–Crippen LogP) is 3.28. The van der Waals surface area contributed by atoms with E-state index in [1.165, 1.54) is 11.3 Å². The number of nitrogens with one attached hydrogen (secondary N) is 1. The standard InChI is InChI=1S/C14H15N3OS2/c1-9(12-10(2)17(3)14(19)20-12)15-16-13(18)11-7-5-4-6-8-11/h4-8H,1-3H3,(H,16,18)/b15-9+. The lowest BCUT2D eigenvalue weighted by Crippen LogP contribution is -2.19. The lowest BCUT2D eigenvalue weighted by atomic mass is 10.2. The number of hydrogen-bond donors (Lipinski definition) is 1. The van der Waals surface area contributed by atoms with Gasteiger partial charge >= 0.3 is 0 Å². The van der Waals surface area contributed by atoms with Crippen molar-refractivity contribution in [3.05, 3.63) is 50.4 Å². The number of nitrogens with zero attached hydrogens (tertiary/aromatic N) is 2. The third-order valence-electron chi connectivity index (χ3n) is 2.98. The maximum atomic E-state index is 11.9. The second-order valence-electron chi connectivity index (χ2n) is 4.35. The van der Waals surface area contributed by atoms with Gasteiger partial charge in [0.05, 0.1) is 10.6 Å². The van der Waals surface area contributed by atoms with Crippen LogP contribution >= 0.6 is 23.6 Å². The third-order valence-corrected chi connectivity index (χ3v) is 4.75. The fourth-order valence-electron chi connectivity index (χ4n) is 1.69. The van der Waals surface area contributed by atoms with Gasteiger partial charge in [0.25, 0.3) is 5.91 Å². The summed E-state index contributed by atoms with van der Waals surface area (Å²) < 4.78 is 2.73. The van der Waals surface area contributed by atoms with Gasteiger partial charge in [0.2, 0.25) is 0 Å². The van der Waals surface area contributed by atoms with Crippen LogP contribution in [-0.2, 0) is 7.05 Å². The topological polar surface area (TPSA) is 46.4 Å². The Morgan fingerprint density at radius 3 is 2.55 bits per heavy atom. The number of carbonyl (C=O) groups is 1. The van der Waals surface area contributed by atoms with Gasteiger partial charge in [0, 0.05) is 18.3 Å². The second kappa shape index (κ2) is 6.11. The van der Waals surface area contributed by atoms with E-state index in [9.17, 15) is 4.79 Å².